The molecule has 0 aliphatic rings. The predicted octanol–water partition coefficient (Wildman–Crippen LogP) is 3.18. The SMILES string of the molecule is Cc1ccc(S(=O)(=O)C(C(=O)c2ccc(C#N)cc2)=S(C)C)cc1. The first-order chi connectivity index (χ1) is 11.3. The van der Waals surface area contributed by atoms with E-state index in [2.05, 4.69) is 0 Å². The van der Waals surface area contributed by atoms with Crippen molar-refractivity contribution in [2.75, 3.05) is 12.5 Å². The van der Waals surface area contributed by atoms with Gasteiger partial charge in [-0.1, -0.05) is 17.7 Å². The number of sulfone groups is 1. The molecule has 2 aromatic rings. The Morgan fingerprint density at radius 1 is 1.00 bits per heavy atom. The number of rotatable bonds is 3. The molecule has 0 N–H and O–H groups in total. The first-order valence-corrected chi connectivity index (χ1v) is 10.6. The predicted molar refractivity (Wildman–Crippen MR) is 98.3 cm³/mol. The van der Waals surface area contributed by atoms with Crippen LogP contribution in [0.2, 0.25) is 0 Å². The average Bonchev–Trinajstić information content (AvgIpc) is 2.54. The van der Waals surface area contributed by atoms with Crippen LogP contribution in [0.25, 0.3) is 0 Å². The van der Waals surface area contributed by atoms with E-state index in [9.17, 15) is 13.2 Å². The molecule has 0 amide bonds. The lowest BCUT2D eigenvalue weighted by molar-refractivity contribution is 0.107. The smallest absolute Gasteiger partial charge is 0.215 e. The molecule has 0 saturated heterocycles. The second-order valence-electron chi connectivity index (χ2n) is 5.44. The summed E-state index contributed by atoms with van der Waals surface area (Å²) in [6.07, 6.45) is 3.42. The number of Topliss-reactive ketones (excluding diaryl/α,β-unsaturated/α-hetero) is 1. The van der Waals surface area contributed by atoms with Crippen molar-refractivity contribution in [3.8, 4) is 6.07 Å². The van der Waals surface area contributed by atoms with Gasteiger partial charge in [0.05, 0.1) is 16.5 Å². The summed E-state index contributed by atoms with van der Waals surface area (Å²) in [5.41, 5.74) is 1.63. The maximum Gasteiger partial charge on any atom is 0.215 e. The number of aryl methyl sites for hydroxylation is 1. The number of carbonyl (C=O) groups is 1. The molecular formula is C18H17NO3S2. The summed E-state index contributed by atoms with van der Waals surface area (Å²) in [4.78, 5) is 12.9. The van der Waals surface area contributed by atoms with Crippen molar-refractivity contribution in [1.29, 1.82) is 5.26 Å². The summed E-state index contributed by atoms with van der Waals surface area (Å²) < 4.78 is 25.7. The largest absolute Gasteiger partial charge is 0.287 e. The van der Waals surface area contributed by atoms with Gasteiger partial charge in [0.25, 0.3) is 0 Å². The zero-order chi connectivity index (χ0) is 17.9. The second kappa shape index (κ2) is 7.12. The summed E-state index contributed by atoms with van der Waals surface area (Å²) in [6.45, 7) is 1.87. The van der Waals surface area contributed by atoms with Gasteiger partial charge in [0.2, 0.25) is 15.6 Å². The molecule has 4 nitrogen and oxygen atoms in total. The van der Waals surface area contributed by atoms with E-state index in [1.165, 1.54) is 36.4 Å². The lowest BCUT2D eigenvalue weighted by Crippen LogP contribution is -2.25. The maximum absolute atomic E-state index is 12.9. The normalized spacial score (nSPS) is 11.1. The lowest BCUT2D eigenvalue weighted by Gasteiger charge is -2.11. The first-order valence-electron chi connectivity index (χ1n) is 7.08. The molecular weight excluding hydrogens is 342 g/mol. The van der Waals surface area contributed by atoms with E-state index >= 15 is 0 Å². The van der Waals surface area contributed by atoms with Crippen molar-refractivity contribution >= 4 is 30.3 Å². The first kappa shape index (κ1) is 18.1. The van der Waals surface area contributed by atoms with Crippen LogP contribution in [0, 0.1) is 18.3 Å². The summed E-state index contributed by atoms with van der Waals surface area (Å²) in [5, 5.41) is 8.83. The van der Waals surface area contributed by atoms with Crippen molar-refractivity contribution in [1.82, 2.24) is 0 Å². The van der Waals surface area contributed by atoms with Crippen molar-refractivity contribution in [2.24, 2.45) is 0 Å². The van der Waals surface area contributed by atoms with Crippen LogP contribution in [0.3, 0.4) is 0 Å². The minimum absolute atomic E-state index is 0.115. The number of hydrogen-bond donors (Lipinski definition) is 0. The number of carbonyl (C=O) groups excluding carboxylic acids is 1. The van der Waals surface area contributed by atoms with Gasteiger partial charge in [0.1, 0.15) is 4.20 Å². The number of ketones is 1. The van der Waals surface area contributed by atoms with Crippen LogP contribution in [0.1, 0.15) is 21.5 Å². The van der Waals surface area contributed by atoms with Crippen LogP contribution in [0.4, 0.5) is 0 Å². The highest BCUT2D eigenvalue weighted by Crippen LogP contribution is 2.22. The molecule has 6 heteroatoms. The van der Waals surface area contributed by atoms with E-state index in [0.29, 0.717) is 5.56 Å². The van der Waals surface area contributed by atoms with Gasteiger partial charge in [-0.3, -0.25) is 4.79 Å². The minimum Gasteiger partial charge on any atom is -0.287 e. The average molecular weight is 359 g/mol. The van der Waals surface area contributed by atoms with Gasteiger partial charge in [-0.15, -0.1) is 0 Å². The molecule has 0 unspecified atom stereocenters. The fourth-order valence-electron chi connectivity index (χ4n) is 2.17. The molecule has 0 heterocycles. The highest BCUT2D eigenvalue weighted by molar-refractivity contribution is 8.32. The third kappa shape index (κ3) is 3.64. The van der Waals surface area contributed by atoms with E-state index < -0.39 is 26.1 Å². The lowest BCUT2D eigenvalue weighted by atomic mass is 10.1. The van der Waals surface area contributed by atoms with Crippen molar-refractivity contribution < 1.29 is 13.2 Å². The maximum atomic E-state index is 12.9. The number of hydrogen-bond acceptors (Lipinski definition) is 4. The van der Waals surface area contributed by atoms with E-state index in [0.717, 1.165) is 5.56 Å². The van der Waals surface area contributed by atoms with Gasteiger partial charge in [-0.25, -0.2) is 8.42 Å². The van der Waals surface area contributed by atoms with Gasteiger partial charge in [-0.2, -0.15) is 15.7 Å². The number of nitriles is 1. The van der Waals surface area contributed by atoms with Gasteiger partial charge in [-0.05, 0) is 55.8 Å². The van der Waals surface area contributed by atoms with E-state index in [1.807, 2.05) is 13.0 Å². The second-order valence-corrected chi connectivity index (χ2v) is 9.62. The van der Waals surface area contributed by atoms with Gasteiger partial charge >= 0.3 is 0 Å². The quantitative estimate of drug-likeness (QED) is 0.623. The monoisotopic (exact) mass is 359 g/mol. The van der Waals surface area contributed by atoms with Crippen LogP contribution >= 0.6 is 10.5 Å². The summed E-state index contributed by atoms with van der Waals surface area (Å²) >= 11 is 0. The Hall–Kier alpha value is -2.23. The van der Waals surface area contributed by atoms with Gasteiger partial charge in [0, 0.05) is 5.56 Å². The van der Waals surface area contributed by atoms with Gasteiger partial charge < -0.3 is 0 Å². The molecule has 0 spiro atoms. The molecule has 0 radical (unpaired) electrons. The van der Waals surface area contributed by atoms with Crippen molar-refractivity contribution in [3.05, 3.63) is 65.2 Å². The number of benzene rings is 2. The van der Waals surface area contributed by atoms with Crippen LogP contribution in [0.5, 0.6) is 0 Å². The van der Waals surface area contributed by atoms with E-state index in [4.69, 9.17) is 5.26 Å². The van der Waals surface area contributed by atoms with Crippen molar-refractivity contribution in [3.63, 3.8) is 0 Å². The summed E-state index contributed by atoms with van der Waals surface area (Å²) in [5.74, 6) is -0.520. The Balaban J connectivity index is 2.53. The Labute approximate surface area is 144 Å². The third-order valence-electron chi connectivity index (χ3n) is 3.41. The molecule has 0 saturated carbocycles. The highest BCUT2D eigenvalue weighted by atomic mass is 32.2. The molecule has 0 aliphatic carbocycles. The molecule has 24 heavy (non-hydrogen) atoms. The number of nitrogens with zero attached hydrogens (tertiary/aromatic N) is 1. The molecule has 2 aromatic carbocycles. The Bertz CT molecular complexity index is 945. The van der Waals surface area contributed by atoms with Crippen LogP contribution < -0.4 is 0 Å². The molecule has 0 bridgehead atoms. The molecule has 0 aliphatic heterocycles. The minimum atomic E-state index is -3.87. The Morgan fingerprint density at radius 3 is 2.00 bits per heavy atom. The molecule has 0 atom stereocenters. The zero-order valence-electron chi connectivity index (χ0n) is 13.6. The van der Waals surface area contributed by atoms with Crippen LogP contribution in [0.15, 0.2) is 53.4 Å². The van der Waals surface area contributed by atoms with E-state index in [-0.39, 0.29) is 14.7 Å². The van der Waals surface area contributed by atoms with Crippen molar-refractivity contribution in [2.45, 2.75) is 11.8 Å². The topological polar surface area (TPSA) is 75.0 Å². The Morgan fingerprint density at radius 2 is 1.54 bits per heavy atom. The molecule has 124 valence electrons. The Kier molecular flexibility index (Phi) is 5.37. The summed E-state index contributed by atoms with van der Waals surface area (Å²) in [7, 11) is -4.62. The van der Waals surface area contributed by atoms with Gasteiger partial charge in [0.15, 0.2) is 0 Å². The van der Waals surface area contributed by atoms with Crippen LogP contribution in [-0.2, 0) is 9.84 Å². The fraction of sp³-hybridized carbons (Fsp3) is 0.167. The summed E-state index contributed by atoms with van der Waals surface area (Å²) in [6, 6.07) is 14.4. The zero-order valence-corrected chi connectivity index (χ0v) is 15.2. The molecule has 0 aromatic heterocycles. The van der Waals surface area contributed by atoms with E-state index in [1.54, 1.807) is 24.6 Å². The molecule has 2 rings (SSSR count). The highest BCUT2D eigenvalue weighted by Gasteiger charge is 2.29. The third-order valence-corrected chi connectivity index (χ3v) is 7.56. The standard InChI is InChI=1S/C18H17NO3S2/c1-13-4-10-16(11-5-13)24(21,22)18(23(2)3)17(20)15-8-6-14(12-19)7-9-15/h4-11H,1-3H3. The van der Waals surface area contributed by atoms with Crippen LogP contribution in [-0.4, -0.2) is 30.9 Å². The molecule has 0 fully saturated rings. The fourth-order valence-corrected chi connectivity index (χ4v) is 5.77.